The number of benzene rings is 1. The Balaban J connectivity index is 2.93. The summed E-state index contributed by atoms with van der Waals surface area (Å²) in [6, 6.07) is 4.13. The minimum Gasteiger partial charge on any atom is -0.493 e. The van der Waals surface area contributed by atoms with Gasteiger partial charge in [-0.25, -0.2) is 13.6 Å². The van der Waals surface area contributed by atoms with Crippen molar-refractivity contribution in [1.29, 1.82) is 0 Å². The lowest BCUT2D eigenvalue weighted by Crippen LogP contribution is -2.35. The molecule has 1 aromatic rings. The highest BCUT2D eigenvalue weighted by atomic mass is 32.2. The fourth-order valence-corrected chi connectivity index (χ4v) is 3.56. The summed E-state index contributed by atoms with van der Waals surface area (Å²) in [5, 5.41) is 5.20. The van der Waals surface area contributed by atoms with Crippen LogP contribution in [0.4, 0.5) is 0 Å². The van der Waals surface area contributed by atoms with Gasteiger partial charge in [0.25, 0.3) is 0 Å². The minimum atomic E-state index is -3.52. The lowest BCUT2D eigenvalue weighted by molar-refractivity contribution is 0.162. The zero-order valence-electron chi connectivity index (χ0n) is 13.9. The van der Waals surface area contributed by atoms with Gasteiger partial charge in [0.05, 0.1) is 12.4 Å². The molecule has 4 nitrogen and oxygen atoms in total. The van der Waals surface area contributed by atoms with Crippen molar-refractivity contribution in [2.75, 3.05) is 12.4 Å². The van der Waals surface area contributed by atoms with Gasteiger partial charge < -0.3 is 4.74 Å². The molecule has 0 saturated carbocycles. The molecule has 120 valence electrons. The van der Waals surface area contributed by atoms with Crippen LogP contribution in [-0.4, -0.2) is 20.8 Å². The highest BCUT2D eigenvalue weighted by Crippen LogP contribution is 2.30. The standard InChI is InChI=1S/C16H27NO3S/c1-11-7-12(2)15(13(3)8-11)20-9-14(16(4,5)6)10-21(17,18)19/h7-8,14H,9-10H2,1-6H3,(H2,17,18,19). The topological polar surface area (TPSA) is 69.4 Å². The number of nitrogens with two attached hydrogens (primary N) is 1. The van der Waals surface area contributed by atoms with Gasteiger partial charge in [-0.2, -0.15) is 0 Å². The van der Waals surface area contributed by atoms with E-state index < -0.39 is 10.0 Å². The molecule has 21 heavy (non-hydrogen) atoms. The Kier molecular flexibility index (Phi) is 5.45. The van der Waals surface area contributed by atoms with Crippen molar-refractivity contribution in [3.05, 3.63) is 28.8 Å². The molecule has 0 aliphatic rings. The molecule has 0 bridgehead atoms. The smallest absolute Gasteiger partial charge is 0.209 e. The van der Waals surface area contributed by atoms with E-state index in [1.807, 2.05) is 41.5 Å². The van der Waals surface area contributed by atoms with Crippen LogP contribution in [0.25, 0.3) is 0 Å². The Hall–Kier alpha value is -1.07. The second kappa shape index (κ2) is 6.36. The zero-order valence-corrected chi connectivity index (χ0v) is 14.7. The van der Waals surface area contributed by atoms with Crippen molar-refractivity contribution in [2.45, 2.75) is 41.5 Å². The molecule has 0 radical (unpaired) electrons. The molecule has 1 atom stereocenters. The van der Waals surface area contributed by atoms with Gasteiger partial charge in [-0.1, -0.05) is 38.5 Å². The van der Waals surface area contributed by atoms with E-state index in [9.17, 15) is 8.42 Å². The summed E-state index contributed by atoms with van der Waals surface area (Å²) in [4.78, 5) is 0. The molecule has 5 heteroatoms. The first-order valence-corrected chi connectivity index (χ1v) is 8.83. The van der Waals surface area contributed by atoms with Crippen molar-refractivity contribution < 1.29 is 13.2 Å². The lowest BCUT2D eigenvalue weighted by atomic mass is 9.82. The van der Waals surface area contributed by atoms with Gasteiger partial charge >= 0.3 is 0 Å². The molecule has 2 N–H and O–H groups in total. The van der Waals surface area contributed by atoms with Crippen LogP contribution in [0.5, 0.6) is 5.75 Å². The maximum Gasteiger partial charge on any atom is 0.209 e. The van der Waals surface area contributed by atoms with Crippen molar-refractivity contribution >= 4 is 10.0 Å². The molecule has 0 aliphatic carbocycles. The molecular weight excluding hydrogens is 286 g/mol. The van der Waals surface area contributed by atoms with Gasteiger partial charge in [0.15, 0.2) is 0 Å². The third-order valence-corrected chi connectivity index (χ3v) is 4.56. The minimum absolute atomic E-state index is 0.0690. The van der Waals surface area contributed by atoms with Crippen LogP contribution in [0.2, 0.25) is 0 Å². The highest BCUT2D eigenvalue weighted by Gasteiger charge is 2.29. The molecule has 1 rings (SSSR count). The summed E-state index contributed by atoms with van der Waals surface area (Å²) in [6.45, 7) is 12.4. The van der Waals surface area contributed by atoms with E-state index in [-0.39, 0.29) is 17.1 Å². The van der Waals surface area contributed by atoms with Crippen molar-refractivity contribution in [3.63, 3.8) is 0 Å². The predicted octanol–water partition coefficient (Wildman–Crippen LogP) is 2.94. The second-order valence-electron chi connectivity index (χ2n) is 6.93. The molecule has 1 aromatic carbocycles. The number of hydrogen-bond donors (Lipinski definition) is 1. The van der Waals surface area contributed by atoms with E-state index >= 15 is 0 Å². The van der Waals surface area contributed by atoms with Crippen molar-refractivity contribution in [2.24, 2.45) is 16.5 Å². The van der Waals surface area contributed by atoms with Crippen LogP contribution in [0.15, 0.2) is 12.1 Å². The van der Waals surface area contributed by atoms with Crippen LogP contribution < -0.4 is 9.88 Å². The Labute approximate surface area is 128 Å². The van der Waals surface area contributed by atoms with Crippen molar-refractivity contribution in [3.8, 4) is 5.75 Å². The predicted molar refractivity (Wildman–Crippen MR) is 87.1 cm³/mol. The largest absolute Gasteiger partial charge is 0.493 e. The number of ether oxygens (including phenoxy) is 1. The molecule has 0 aromatic heterocycles. The van der Waals surface area contributed by atoms with Crippen LogP contribution in [0.3, 0.4) is 0 Å². The Morgan fingerprint density at radius 2 is 1.62 bits per heavy atom. The van der Waals surface area contributed by atoms with Crippen LogP contribution in [0, 0.1) is 32.1 Å². The van der Waals surface area contributed by atoms with E-state index in [0.717, 1.165) is 16.9 Å². The quantitative estimate of drug-likeness (QED) is 0.908. The molecule has 0 fully saturated rings. The summed E-state index contributed by atoms with van der Waals surface area (Å²) in [5.74, 6) is 0.609. The summed E-state index contributed by atoms with van der Waals surface area (Å²) < 4.78 is 28.7. The molecule has 0 heterocycles. The van der Waals surface area contributed by atoms with E-state index in [2.05, 4.69) is 12.1 Å². The first-order chi connectivity index (χ1) is 9.40. The normalized spacial score (nSPS) is 14.0. The fourth-order valence-electron chi connectivity index (χ4n) is 2.41. The lowest BCUT2D eigenvalue weighted by Gasteiger charge is -2.30. The molecule has 0 aliphatic heterocycles. The van der Waals surface area contributed by atoms with Gasteiger partial charge in [-0.15, -0.1) is 0 Å². The maximum atomic E-state index is 11.4. The van der Waals surface area contributed by atoms with E-state index in [1.54, 1.807) is 0 Å². The number of hydrogen-bond acceptors (Lipinski definition) is 3. The number of primary sulfonamides is 1. The Bertz CT molecular complexity index is 577. The Morgan fingerprint density at radius 3 is 2.00 bits per heavy atom. The summed E-state index contributed by atoms with van der Waals surface area (Å²) in [7, 11) is -3.52. The maximum absolute atomic E-state index is 11.4. The monoisotopic (exact) mass is 313 g/mol. The van der Waals surface area contributed by atoms with Gasteiger partial charge in [0, 0.05) is 5.92 Å². The average molecular weight is 313 g/mol. The highest BCUT2D eigenvalue weighted by molar-refractivity contribution is 7.89. The summed E-state index contributed by atoms with van der Waals surface area (Å²) in [5.41, 5.74) is 3.12. The third kappa shape index (κ3) is 5.67. The number of rotatable bonds is 5. The first-order valence-electron chi connectivity index (χ1n) is 7.11. The number of aryl methyl sites for hydroxylation is 3. The second-order valence-corrected chi connectivity index (χ2v) is 8.59. The summed E-state index contributed by atoms with van der Waals surface area (Å²) >= 11 is 0. The van der Waals surface area contributed by atoms with Crippen LogP contribution >= 0.6 is 0 Å². The van der Waals surface area contributed by atoms with Crippen LogP contribution in [-0.2, 0) is 10.0 Å². The van der Waals surface area contributed by atoms with Crippen LogP contribution in [0.1, 0.15) is 37.5 Å². The fraction of sp³-hybridized carbons (Fsp3) is 0.625. The van der Waals surface area contributed by atoms with Gasteiger partial charge in [0.1, 0.15) is 5.75 Å². The molecule has 1 unspecified atom stereocenters. The zero-order chi connectivity index (χ0) is 16.4. The van der Waals surface area contributed by atoms with E-state index in [4.69, 9.17) is 9.88 Å². The number of sulfonamides is 1. The van der Waals surface area contributed by atoms with Gasteiger partial charge in [-0.3, -0.25) is 0 Å². The molecule has 0 saturated heterocycles. The van der Waals surface area contributed by atoms with Gasteiger partial charge in [-0.05, 0) is 37.3 Å². The summed E-state index contributed by atoms with van der Waals surface area (Å²) in [6.07, 6.45) is 0. The average Bonchev–Trinajstić information content (AvgIpc) is 2.22. The third-order valence-electron chi connectivity index (χ3n) is 3.69. The van der Waals surface area contributed by atoms with Crippen molar-refractivity contribution in [1.82, 2.24) is 0 Å². The Morgan fingerprint density at radius 1 is 1.14 bits per heavy atom. The van der Waals surface area contributed by atoms with E-state index in [1.165, 1.54) is 5.56 Å². The molecule has 0 spiro atoms. The first kappa shape index (κ1) is 18.0. The molecular formula is C16H27NO3S. The van der Waals surface area contributed by atoms with E-state index in [0.29, 0.717) is 6.61 Å². The molecule has 0 amide bonds. The van der Waals surface area contributed by atoms with Gasteiger partial charge in [0.2, 0.25) is 10.0 Å². The SMILES string of the molecule is Cc1cc(C)c(OCC(CS(N)(=O)=O)C(C)(C)C)c(C)c1.